The van der Waals surface area contributed by atoms with Crippen molar-refractivity contribution in [3.63, 3.8) is 0 Å². The van der Waals surface area contributed by atoms with Crippen molar-refractivity contribution in [2.45, 2.75) is 35.7 Å². The summed E-state index contributed by atoms with van der Waals surface area (Å²) in [5, 5.41) is 25.2. The zero-order valence-electron chi connectivity index (χ0n) is 25.0. The van der Waals surface area contributed by atoms with Crippen molar-refractivity contribution in [2.75, 3.05) is 6.61 Å². The molecule has 0 spiro atoms. The normalized spacial score (nSPS) is 13.2. The molecule has 3 N–H and O–H groups in total. The Bertz CT molecular complexity index is 1780. The number of hydrogen-bond acceptors (Lipinski definition) is 6. The molecule has 0 radical (unpaired) electrons. The Hall–Kier alpha value is -4.83. The Morgan fingerprint density at radius 2 is 1.17 bits per heavy atom. The lowest BCUT2D eigenvalue weighted by Gasteiger charge is -2.39. The van der Waals surface area contributed by atoms with E-state index in [-0.39, 0.29) is 30.8 Å². The Morgan fingerprint density at radius 3 is 1.70 bits per heavy atom. The minimum atomic E-state index is -4.11. The van der Waals surface area contributed by atoms with Gasteiger partial charge in [0.1, 0.15) is 10.9 Å². The number of carboxylic acid groups (broad SMARTS) is 2. The number of benzene rings is 5. The Morgan fingerprint density at radius 1 is 0.674 bits per heavy atom. The second kappa shape index (κ2) is 14.5. The minimum absolute atomic E-state index is 0.0147. The van der Waals surface area contributed by atoms with Gasteiger partial charge in [0, 0.05) is 5.39 Å². The zero-order valence-corrected chi connectivity index (χ0v) is 25.8. The minimum Gasteiger partial charge on any atom is -0.481 e. The number of carbonyl (C=O) groups is 2. The lowest BCUT2D eigenvalue weighted by molar-refractivity contribution is -0.144. The van der Waals surface area contributed by atoms with E-state index in [2.05, 4.69) is 5.32 Å². The van der Waals surface area contributed by atoms with Gasteiger partial charge in [-0.25, -0.2) is 0 Å². The van der Waals surface area contributed by atoms with E-state index < -0.39 is 39.6 Å². The van der Waals surface area contributed by atoms with E-state index in [0.717, 1.165) is 22.1 Å². The Balaban J connectivity index is 1.37. The van der Waals surface area contributed by atoms with E-state index in [4.69, 9.17) is 4.18 Å². The Kier molecular flexibility index (Phi) is 10.3. The van der Waals surface area contributed by atoms with Crippen LogP contribution in [0.3, 0.4) is 0 Å². The second-order valence-electron chi connectivity index (χ2n) is 11.0. The summed E-state index contributed by atoms with van der Waals surface area (Å²) in [4.78, 5) is 25.2. The maximum absolute atomic E-state index is 13.0. The van der Waals surface area contributed by atoms with Crippen LogP contribution in [0.2, 0.25) is 0 Å². The maximum atomic E-state index is 13.0. The van der Waals surface area contributed by atoms with E-state index in [1.165, 1.54) is 6.07 Å². The van der Waals surface area contributed by atoms with Crippen LogP contribution >= 0.6 is 0 Å². The molecule has 0 aliphatic rings. The van der Waals surface area contributed by atoms with Crippen molar-refractivity contribution >= 4 is 32.8 Å². The van der Waals surface area contributed by atoms with Gasteiger partial charge < -0.3 is 10.2 Å². The standard InChI is InChI=1S/C37H35NO7S/c39-35(40)28(16-13-25-45-46(43,44)34-24-12-15-27-14-10-11-23-32(27)34)26-33(36(41)42)38-37(29-17-4-1-5-18-29,30-19-6-2-7-20-30)31-21-8-3-9-22-31/h1-12,14-15,17-24,28,33,38H,13,16,25-26H2,(H,39,40)(H,41,42)/t28-,33+/m0/s1. The summed E-state index contributed by atoms with van der Waals surface area (Å²) in [6.45, 7) is -0.248. The fourth-order valence-corrected chi connectivity index (χ4v) is 7.06. The van der Waals surface area contributed by atoms with E-state index >= 15 is 0 Å². The molecule has 5 aromatic carbocycles. The molecule has 0 fully saturated rings. The van der Waals surface area contributed by atoms with Gasteiger partial charge >= 0.3 is 11.9 Å². The van der Waals surface area contributed by atoms with Crippen LogP contribution < -0.4 is 5.32 Å². The number of hydrogen-bond donors (Lipinski definition) is 3. The van der Waals surface area contributed by atoms with Crippen LogP contribution in [0, 0.1) is 5.92 Å². The number of rotatable bonds is 15. The van der Waals surface area contributed by atoms with Crippen LogP contribution in [0.5, 0.6) is 0 Å². The highest BCUT2D eigenvalue weighted by molar-refractivity contribution is 7.87. The largest absolute Gasteiger partial charge is 0.481 e. The molecular weight excluding hydrogens is 602 g/mol. The van der Waals surface area contributed by atoms with E-state index in [1.807, 2.05) is 97.1 Å². The van der Waals surface area contributed by atoms with Gasteiger partial charge in [0.15, 0.2) is 0 Å². The van der Waals surface area contributed by atoms with Gasteiger partial charge in [-0.3, -0.25) is 19.1 Å². The first-order chi connectivity index (χ1) is 22.2. The molecule has 0 saturated heterocycles. The number of fused-ring (bicyclic) bond motifs is 1. The molecule has 0 aliphatic carbocycles. The summed E-state index contributed by atoms with van der Waals surface area (Å²) in [5.41, 5.74) is 1.25. The highest BCUT2D eigenvalue weighted by Gasteiger charge is 2.41. The average molecular weight is 638 g/mol. The van der Waals surface area contributed by atoms with Crippen molar-refractivity contribution in [1.82, 2.24) is 5.32 Å². The van der Waals surface area contributed by atoms with Crippen LogP contribution in [0.15, 0.2) is 138 Å². The summed E-state index contributed by atoms with van der Waals surface area (Å²) < 4.78 is 31.4. The quantitative estimate of drug-likeness (QED) is 0.0679. The lowest BCUT2D eigenvalue weighted by Crippen LogP contribution is -2.53. The van der Waals surface area contributed by atoms with E-state index in [0.29, 0.717) is 5.39 Å². The fourth-order valence-electron chi connectivity index (χ4n) is 5.90. The smallest absolute Gasteiger partial charge is 0.320 e. The summed E-state index contributed by atoms with van der Waals surface area (Å²) in [5.74, 6) is -3.46. The number of aliphatic carboxylic acids is 2. The van der Waals surface area contributed by atoms with E-state index in [1.54, 1.807) is 30.3 Å². The van der Waals surface area contributed by atoms with Crippen molar-refractivity contribution in [3.8, 4) is 0 Å². The highest BCUT2D eigenvalue weighted by Crippen LogP contribution is 2.38. The van der Waals surface area contributed by atoms with Crippen LogP contribution in [0.4, 0.5) is 0 Å². The zero-order chi connectivity index (χ0) is 32.6. The summed E-state index contributed by atoms with van der Waals surface area (Å²) in [6.07, 6.45) is -0.135. The van der Waals surface area contributed by atoms with Crippen LogP contribution in [0.1, 0.15) is 36.0 Å². The topological polar surface area (TPSA) is 130 Å². The van der Waals surface area contributed by atoms with Gasteiger partial charge in [0.2, 0.25) is 0 Å². The first kappa shape index (κ1) is 32.6. The third-order valence-corrected chi connectivity index (χ3v) is 9.50. The SMILES string of the molecule is O=C(O)[C@@H](CCCOS(=O)(=O)c1cccc2ccccc12)C[C@@H](NC(c1ccccc1)(c1ccccc1)c1ccccc1)C(=O)O. The molecule has 9 heteroatoms. The first-order valence-corrected chi connectivity index (χ1v) is 16.4. The number of carboxylic acids is 2. The monoisotopic (exact) mass is 637 g/mol. The fraction of sp³-hybridized carbons (Fsp3) is 0.189. The van der Waals surface area contributed by atoms with Gasteiger partial charge in [-0.2, -0.15) is 8.42 Å². The van der Waals surface area contributed by atoms with Gasteiger partial charge in [0.05, 0.1) is 18.1 Å². The Labute approximate surface area is 268 Å². The van der Waals surface area contributed by atoms with Crippen LogP contribution in [-0.2, 0) is 29.4 Å². The summed E-state index contributed by atoms with van der Waals surface area (Å²) >= 11 is 0. The van der Waals surface area contributed by atoms with Gasteiger partial charge in [-0.15, -0.1) is 0 Å². The second-order valence-corrected chi connectivity index (χ2v) is 12.6. The summed E-state index contributed by atoms with van der Waals surface area (Å²) in [6, 6.07) is 39.0. The molecule has 8 nitrogen and oxygen atoms in total. The molecule has 0 aromatic heterocycles. The lowest BCUT2D eigenvalue weighted by atomic mass is 9.76. The molecule has 0 saturated carbocycles. The number of nitrogens with one attached hydrogen (secondary N) is 1. The molecule has 5 rings (SSSR count). The predicted octanol–water partition coefficient (Wildman–Crippen LogP) is 6.45. The highest BCUT2D eigenvalue weighted by atomic mass is 32.2. The van der Waals surface area contributed by atoms with E-state index in [9.17, 15) is 28.2 Å². The van der Waals surface area contributed by atoms with Crippen molar-refractivity contribution in [3.05, 3.63) is 150 Å². The molecule has 0 aliphatic heterocycles. The molecule has 236 valence electrons. The maximum Gasteiger partial charge on any atom is 0.320 e. The van der Waals surface area contributed by atoms with Crippen molar-refractivity contribution in [2.24, 2.45) is 5.92 Å². The molecule has 2 atom stereocenters. The van der Waals surface area contributed by atoms with Crippen LogP contribution in [-0.4, -0.2) is 43.2 Å². The van der Waals surface area contributed by atoms with Crippen LogP contribution in [0.25, 0.3) is 10.8 Å². The molecule has 0 heterocycles. The third-order valence-electron chi connectivity index (χ3n) is 8.13. The molecular formula is C37H35NO7S. The average Bonchev–Trinajstić information content (AvgIpc) is 3.08. The third kappa shape index (κ3) is 7.18. The molecule has 46 heavy (non-hydrogen) atoms. The van der Waals surface area contributed by atoms with Crippen molar-refractivity contribution in [1.29, 1.82) is 0 Å². The molecule has 0 amide bonds. The van der Waals surface area contributed by atoms with Gasteiger partial charge in [0.25, 0.3) is 10.1 Å². The molecule has 5 aromatic rings. The molecule has 0 bridgehead atoms. The molecule has 0 unspecified atom stereocenters. The van der Waals surface area contributed by atoms with Gasteiger partial charge in [-0.05, 0) is 47.4 Å². The summed E-state index contributed by atoms with van der Waals surface area (Å²) in [7, 11) is -4.11. The van der Waals surface area contributed by atoms with Gasteiger partial charge in [-0.1, -0.05) is 127 Å². The predicted molar refractivity (Wildman–Crippen MR) is 176 cm³/mol. The van der Waals surface area contributed by atoms with Crippen molar-refractivity contribution < 1.29 is 32.4 Å². The first-order valence-electron chi connectivity index (χ1n) is 15.0.